The van der Waals surface area contributed by atoms with Crippen molar-refractivity contribution in [2.45, 2.75) is 33.1 Å². The Kier molecular flexibility index (Phi) is 2.40. The van der Waals surface area contributed by atoms with Crippen molar-refractivity contribution < 1.29 is 0 Å². The maximum absolute atomic E-state index is 2.68. The molecule has 0 radical (unpaired) electrons. The maximum Gasteiger partial charge on any atom is 0.000978 e. The van der Waals surface area contributed by atoms with Gasteiger partial charge in [0.2, 0.25) is 0 Å². The predicted octanol–water partition coefficient (Wildman–Crippen LogP) is 2.37. The van der Waals surface area contributed by atoms with E-state index >= 15 is 0 Å². The summed E-state index contributed by atoms with van der Waals surface area (Å²) in [7, 11) is 0. The lowest BCUT2D eigenvalue weighted by molar-refractivity contribution is 0.134. The van der Waals surface area contributed by atoms with E-state index < -0.39 is 0 Å². The van der Waals surface area contributed by atoms with Crippen LogP contribution in [0.4, 0.5) is 0 Å². The fourth-order valence-corrected chi connectivity index (χ4v) is 2.18. The summed E-state index contributed by atoms with van der Waals surface area (Å²) in [5.41, 5.74) is 0. The van der Waals surface area contributed by atoms with Gasteiger partial charge in [0.05, 0.1) is 0 Å². The van der Waals surface area contributed by atoms with Crippen LogP contribution in [0, 0.1) is 17.8 Å². The van der Waals surface area contributed by atoms with E-state index in [1.807, 2.05) is 0 Å². The van der Waals surface area contributed by atoms with Crippen molar-refractivity contribution in [3.8, 4) is 0 Å². The monoisotopic (exact) mass is 167 g/mol. The van der Waals surface area contributed by atoms with E-state index in [9.17, 15) is 0 Å². The van der Waals surface area contributed by atoms with Crippen molar-refractivity contribution in [1.82, 2.24) is 4.90 Å². The van der Waals surface area contributed by atoms with Crippen LogP contribution in [0.25, 0.3) is 0 Å². The van der Waals surface area contributed by atoms with E-state index in [0.29, 0.717) is 0 Å². The molecule has 1 saturated carbocycles. The molecule has 0 aromatic carbocycles. The van der Waals surface area contributed by atoms with Crippen molar-refractivity contribution >= 4 is 0 Å². The summed E-state index contributed by atoms with van der Waals surface area (Å²) in [5.74, 6) is 2.96. The Bertz CT molecular complexity index is 151. The summed E-state index contributed by atoms with van der Waals surface area (Å²) in [4.78, 5) is 2.68. The van der Waals surface area contributed by atoms with E-state index in [0.717, 1.165) is 17.8 Å². The first-order chi connectivity index (χ1) is 5.75. The highest BCUT2D eigenvalue weighted by Gasteiger charge is 2.28. The third-order valence-electron chi connectivity index (χ3n) is 3.63. The molecule has 1 heteroatoms. The standard InChI is InChI=1S/C11H21N/c1-9-5-6-12(7-10(9)2)8-11-3-4-11/h9-11H,3-8H2,1-2H3/t9-,10+/m0/s1. The van der Waals surface area contributed by atoms with Crippen LogP contribution < -0.4 is 0 Å². The van der Waals surface area contributed by atoms with E-state index in [-0.39, 0.29) is 0 Å². The average molecular weight is 167 g/mol. The van der Waals surface area contributed by atoms with Gasteiger partial charge in [0.15, 0.2) is 0 Å². The van der Waals surface area contributed by atoms with Crippen molar-refractivity contribution in [3.05, 3.63) is 0 Å². The number of rotatable bonds is 2. The molecule has 0 aromatic heterocycles. The van der Waals surface area contributed by atoms with Crippen LogP contribution in [-0.4, -0.2) is 24.5 Å². The largest absolute Gasteiger partial charge is 0.303 e. The van der Waals surface area contributed by atoms with Crippen LogP contribution in [0.2, 0.25) is 0 Å². The molecule has 2 fully saturated rings. The Morgan fingerprint density at radius 2 is 1.83 bits per heavy atom. The highest BCUT2D eigenvalue weighted by atomic mass is 15.1. The zero-order valence-electron chi connectivity index (χ0n) is 8.42. The second kappa shape index (κ2) is 3.37. The van der Waals surface area contributed by atoms with Crippen LogP contribution in [0.1, 0.15) is 33.1 Å². The zero-order chi connectivity index (χ0) is 8.55. The van der Waals surface area contributed by atoms with E-state index in [1.54, 1.807) is 0 Å². The first-order valence-corrected chi connectivity index (χ1v) is 5.48. The lowest BCUT2D eigenvalue weighted by Crippen LogP contribution is -2.39. The fourth-order valence-electron chi connectivity index (χ4n) is 2.18. The quantitative estimate of drug-likeness (QED) is 0.610. The molecule has 2 aliphatic rings. The van der Waals surface area contributed by atoms with E-state index in [4.69, 9.17) is 0 Å². The van der Waals surface area contributed by atoms with Gasteiger partial charge < -0.3 is 4.90 Å². The molecule has 0 amide bonds. The van der Waals surface area contributed by atoms with E-state index in [2.05, 4.69) is 18.7 Å². The lowest BCUT2D eigenvalue weighted by atomic mass is 9.88. The van der Waals surface area contributed by atoms with Crippen LogP contribution in [0.15, 0.2) is 0 Å². The predicted molar refractivity (Wildman–Crippen MR) is 52.1 cm³/mol. The van der Waals surface area contributed by atoms with Gasteiger partial charge in [-0.1, -0.05) is 13.8 Å². The van der Waals surface area contributed by atoms with Crippen molar-refractivity contribution in [2.75, 3.05) is 19.6 Å². The highest BCUT2D eigenvalue weighted by molar-refractivity contribution is 4.81. The van der Waals surface area contributed by atoms with Gasteiger partial charge in [0, 0.05) is 13.1 Å². The second-order valence-corrected chi connectivity index (χ2v) is 4.95. The Labute approximate surface area is 76.1 Å². The molecule has 2 rings (SSSR count). The summed E-state index contributed by atoms with van der Waals surface area (Å²) in [6.07, 6.45) is 4.43. The minimum atomic E-state index is 0.928. The molecule has 0 spiro atoms. The SMILES string of the molecule is C[C@@H]1CN(CC2CC2)CC[C@@H]1C. The number of likely N-dealkylation sites (tertiary alicyclic amines) is 1. The van der Waals surface area contributed by atoms with Gasteiger partial charge in [0.25, 0.3) is 0 Å². The number of hydrogen-bond donors (Lipinski definition) is 0. The molecule has 0 bridgehead atoms. The summed E-state index contributed by atoms with van der Waals surface area (Å²) >= 11 is 0. The minimum Gasteiger partial charge on any atom is -0.303 e. The summed E-state index contributed by atoms with van der Waals surface area (Å²) in [5, 5.41) is 0. The third-order valence-corrected chi connectivity index (χ3v) is 3.63. The number of hydrogen-bond acceptors (Lipinski definition) is 1. The third kappa shape index (κ3) is 2.01. The van der Waals surface area contributed by atoms with Gasteiger partial charge in [-0.25, -0.2) is 0 Å². The maximum atomic E-state index is 2.68. The molecule has 1 saturated heterocycles. The molecule has 2 atom stereocenters. The second-order valence-electron chi connectivity index (χ2n) is 4.95. The molecule has 1 aliphatic heterocycles. The van der Waals surface area contributed by atoms with Crippen LogP contribution in [-0.2, 0) is 0 Å². The normalized spacial score (nSPS) is 38.5. The first-order valence-electron chi connectivity index (χ1n) is 5.48. The van der Waals surface area contributed by atoms with Gasteiger partial charge in [0.1, 0.15) is 0 Å². The Morgan fingerprint density at radius 3 is 2.42 bits per heavy atom. The smallest absolute Gasteiger partial charge is 0.000978 e. The Hall–Kier alpha value is -0.0400. The van der Waals surface area contributed by atoms with Gasteiger partial charge >= 0.3 is 0 Å². The number of nitrogens with zero attached hydrogens (tertiary/aromatic N) is 1. The molecular weight excluding hydrogens is 146 g/mol. The molecule has 12 heavy (non-hydrogen) atoms. The number of piperidine rings is 1. The van der Waals surface area contributed by atoms with Gasteiger partial charge in [-0.05, 0) is 43.6 Å². The minimum absolute atomic E-state index is 0.928. The molecule has 0 N–H and O–H groups in total. The molecule has 70 valence electrons. The zero-order valence-corrected chi connectivity index (χ0v) is 8.42. The molecule has 0 unspecified atom stereocenters. The molecular formula is C11H21N. The Balaban J connectivity index is 1.76. The average Bonchev–Trinajstić information content (AvgIpc) is 2.81. The molecule has 1 heterocycles. The summed E-state index contributed by atoms with van der Waals surface area (Å²) < 4.78 is 0. The van der Waals surface area contributed by atoms with E-state index in [1.165, 1.54) is 38.9 Å². The van der Waals surface area contributed by atoms with Gasteiger partial charge in [-0.2, -0.15) is 0 Å². The fraction of sp³-hybridized carbons (Fsp3) is 1.00. The first kappa shape index (κ1) is 8.55. The van der Waals surface area contributed by atoms with Crippen LogP contribution in [0.5, 0.6) is 0 Å². The van der Waals surface area contributed by atoms with Crippen molar-refractivity contribution in [3.63, 3.8) is 0 Å². The summed E-state index contributed by atoms with van der Waals surface area (Å²) in [6.45, 7) is 8.93. The van der Waals surface area contributed by atoms with Gasteiger partial charge in [-0.15, -0.1) is 0 Å². The molecule has 0 aromatic rings. The lowest BCUT2D eigenvalue weighted by Gasteiger charge is -2.35. The summed E-state index contributed by atoms with van der Waals surface area (Å²) in [6, 6.07) is 0. The Morgan fingerprint density at radius 1 is 1.08 bits per heavy atom. The van der Waals surface area contributed by atoms with Gasteiger partial charge in [-0.3, -0.25) is 0 Å². The molecule has 1 aliphatic carbocycles. The topological polar surface area (TPSA) is 3.24 Å². The molecule has 1 nitrogen and oxygen atoms in total. The highest BCUT2D eigenvalue weighted by Crippen LogP contribution is 2.32. The van der Waals surface area contributed by atoms with Crippen LogP contribution in [0.3, 0.4) is 0 Å². The van der Waals surface area contributed by atoms with Crippen LogP contribution >= 0.6 is 0 Å². The van der Waals surface area contributed by atoms with Crippen molar-refractivity contribution in [1.29, 1.82) is 0 Å². The van der Waals surface area contributed by atoms with Crippen molar-refractivity contribution in [2.24, 2.45) is 17.8 Å².